The zero-order chi connectivity index (χ0) is 15.3. The molecule has 1 aromatic carbocycles. The highest BCUT2D eigenvalue weighted by Crippen LogP contribution is 2.25. The van der Waals surface area contributed by atoms with Crippen LogP contribution >= 0.6 is 0 Å². The lowest BCUT2D eigenvalue weighted by Gasteiger charge is -2.24. The Morgan fingerprint density at radius 1 is 1.45 bits per heavy atom. The predicted octanol–water partition coefficient (Wildman–Crippen LogP) is 1.85. The topological polar surface area (TPSA) is 102 Å². The second kappa shape index (κ2) is 6.74. The van der Waals surface area contributed by atoms with Crippen molar-refractivity contribution in [2.75, 3.05) is 24.1 Å². The van der Waals surface area contributed by atoms with Crippen LogP contribution in [0.4, 0.5) is 17.1 Å². The van der Waals surface area contributed by atoms with Crippen LogP contribution in [0.2, 0.25) is 0 Å². The van der Waals surface area contributed by atoms with Gasteiger partial charge in [-0.05, 0) is 32.9 Å². The van der Waals surface area contributed by atoms with E-state index in [0.29, 0.717) is 18.8 Å². The van der Waals surface area contributed by atoms with Crippen LogP contribution in [0.15, 0.2) is 18.2 Å². The number of likely N-dealkylation sites (N-methyl/N-ethyl adjacent to an activating group) is 1. The molecule has 0 saturated carbocycles. The first-order valence-electron chi connectivity index (χ1n) is 6.49. The monoisotopic (exact) mass is 280 g/mol. The summed E-state index contributed by atoms with van der Waals surface area (Å²) in [5, 5.41) is 13.7. The summed E-state index contributed by atoms with van der Waals surface area (Å²) >= 11 is 0. The molecule has 110 valence electrons. The molecule has 0 aliphatic rings. The SMILES string of the molecule is CCN(CC)C(=O)C(C)Nc1ccc([N+](=O)[O-])c(N)c1. The molecular weight excluding hydrogens is 260 g/mol. The van der Waals surface area contributed by atoms with Crippen molar-refractivity contribution in [1.29, 1.82) is 0 Å². The molecule has 1 atom stereocenters. The number of nitrogen functional groups attached to an aromatic ring is 1. The molecule has 20 heavy (non-hydrogen) atoms. The molecule has 3 N–H and O–H groups in total. The number of benzene rings is 1. The molecule has 7 heteroatoms. The minimum atomic E-state index is -0.538. The fourth-order valence-corrected chi connectivity index (χ4v) is 1.93. The van der Waals surface area contributed by atoms with Gasteiger partial charge in [0.1, 0.15) is 11.7 Å². The molecule has 0 saturated heterocycles. The van der Waals surface area contributed by atoms with E-state index in [1.54, 1.807) is 17.9 Å². The van der Waals surface area contributed by atoms with Gasteiger partial charge in [0.05, 0.1) is 4.92 Å². The second-order valence-electron chi connectivity index (χ2n) is 4.41. The van der Waals surface area contributed by atoms with Crippen molar-refractivity contribution >= 4 is 23.0 Å². The molecule has 1 aromatic rings. The van der Waals surface area contributed by atoms with Gasteiger partial charge in [0.15, 0.2) is 0 Å². The number of rotatable bonds is 6. The molecule has 7 nitrogen and oxygen atoms in total. The molecule has 0 aliphatic heterocycles. The molecule has 1 rings (SSSR count). The van der Waals surface area contributed by atoms with Crippen LogP contribution in [0.5, 0.6) is 0 Å². The Kier molecular flexibility index (Phi) is 5.31. The number of nitro groups is 1. The summed E-state index contributed by atoms with van der Waals surface area (Å²) in [6, 6.07) is 3.91. The average molecular weight is 280 g/mol. The van der Waals surface area contributed by atoms with Gasteiger partial charge in [0.25, 0.3) is 5.69 Å². The predicted molar refractivity (Wildman–Crippen MR) is 78.5 cm³/mol. The third kappa shape index (κ3) is 3.59. The van der Waals surface area contributed by atoms with Gasteiger partial charge >= 0.3 is 0 Å². The number of nitrogens with one attached hydrogen (secondary N) is 1. The summed E-state index contributed by atoms with van der Waals surface area (Å²) in [6.45, 7) is 6.86. The highest BCUT2D eigenvalue weighted by Gasteiger charge is 2.19. The van der Waals surface area contributed by atoms with E-state index in [0.717, 1.165) is 0 Å². The number of hydrogen-bond acceptors (Lipinski definition) is 5. The molecule has 0 fully saturated rings. The molecule has 1 amide bonds. The van der Waals surface area contributed by atoms with Gasteiger partial charge in [0.2, 0.25) is 5.91 Å². The highest BCUT2D eigenvalue weighted by molar-refractivity contribution is 5.84. The van der Waals surface area contributed by atoms with Crippen LogP contribution in [0, 0.1) is 10.1 Å². The van der Waals surface area contributed by atoms with Crippen molar-refractivity contribution in [3.8, 4) is 0 Å². The summed E-state index contributed by atoms with van der Waals surface area (Å²) in [7, 11) is 0. The minimum Gasteiger partial charge on any atom is -0.393 e. The largest absolute Gasteiger partial charge is 0.393 e. The molecule has 0 heterocycles. The van der Waals surface area contributed by atoms with Crippen molar-refractivity contribution in [2.24, 2.45) is 0 Å². The maximum Gasteiger partial charge on any atom is 0.292 e. The first-order chi connectivity index (χ1) is 9.40. The number of carbonyl (C=O) groups excluding carboxylic acids is 1. The summed E-state index contributed by atoms with van der Waals surface area (Å²) in [5.41, 5.74) is 6.12. The lowest BCUT2D eigenvalue weighted by Crippen LogP contribution is -2.41. The number of nitro benzene ring substituents is 1. The Morgan fingerprint density at radius 2 is 2.05 bits per heavy atom. The molecule has 1 unspecified atom stereocenters. The normalized spacial score (nSPS) is 11.8. The van der Waals surface area contributed by atoms with E-state index in [2.05, 4.69) is 5.32 Å². The van der Waals surface area contributed by atoms with Crippen molar-refractivity contribution in [1.82, 2.24) is 4.90 Å². The fourth-order valence-electron chi connectivity index (χ4n) is 1.93. The Labute approximate surface area is 117 Å². The van der Waals surface area contributed by atoms with E-state index in [4.69, 9.17) is 5.73 Å². The number of carbonyl (C=O) groups is 1. The molecule has 0 spiro atoms. The van der Waals surface area contributed by atoms with Gasteiger partial charge in [-0.25, -0.2) is 0 Å². The molecule has 0 aromatic heterocycles. The zero-order valence-corrected chi connectivity index (χ0v) is 11.9. The second-order valence-corrected chi connectivity index (χ2v) is 4.41. The molecule has 0 aliphatic carbocycles. The Hall–Kier alpha value is -2.31. The van der Waals surface area contributed by atoms with Gasteiger partial charge in [-0.1, -0.05) is 0 Å². The van der Waals surface area contributed by atoms with E-state index in [9.17, 15) is 14.9 Å². The van der Waals surface area contributed by atoms with E-state index in [1.165, 1.54) is 12.1 Å². The third-order valence-corrected chi connectivity index (χ3v) is 3.05. The van der Waals surface area contributed by atoms with Crippen LogP contribution in [-0.4, -0.2) is 34.9 Å². The molecule has 0 radical (unpaired) electrons. The maximum atomic E-state index is 12.1. The van der Waals surface area contributed by atoms with Crippen LogP contribution in [0.25, 0.3) is 0 Å². The van der Waals surface area contributed by atoms with Crippen molar-refractivity contribution in [3.05, 3.63) is 28.3 Å². The van der Waals surface area contributed by atoms with Crippen LogP contribution in [0.3, 0.4) is 0 Å². The minimum absolute atomic E-state index is 0.0214. The highest BCUT2D eigenvalue weighted by atomic mass is 16.6. The zero-order valence-electron chi connectivity index (χ0n) is 11.9. The first-order valence-corrected chi connectivity index (χ1v) is 6.49. The maximum absolute atomic E-state index is 12.1. The van der Waals surface area contributed by atoms with Crippen LogP contribution in [0.1, 0.15) is 20.8 Å². The summed E-state index contributed by atoms with van der Waals surface area (Å²) in [4.78, 5) is 23.9. The van der Waals surface area contributed by atoms with E-state index in [1.807, 2.05) is 13.8 Å². The Morgan fingerprint density at radius 3 is 2.50 bits per heavy atom. The standard InChI is InChI=1S/C13H20N4O3/c1-4-16(5-2)13(18)9(3)15-10-6-7-12(17(19)20)11(14)8-10/h6-9,15H,4-5,14H2,1-3H3. The number of nitrogens with zero attached hydrogens (tertiary/aromatic N) is 2. The van der Waals surface area contributed by atoms with Gasteiger partial charge in [-0.15, -0.1) is 0 Å². The fraction of sp³-hybridized carbons (Fsp3) is 0.462. The lowest BCUT2D eigenvalue weighted by molar-refractivity contribution is -0.383. The lowest BCUT2D eigenvalue weighted by atomic mass is 10.2. The van der Waals surface area contributed by atoms with Crippen molar-refractivity contribution in [3.63, 3.8) is 0 Å². The van der Waals surface area contributed by atoms with E-state index < -0.39 is 11.0 Å². The van der Waals surface area contributed by atoms with Crippen LogP contribution < -0.4 is 11.1 Å². The van der Waals surface area contributed by atoms with Gasteiger partial charge in [-0.2, -0.15) is 0 Å². The summed E-state index contributed by atoms with van der Waals surface area (Å²) < 4.78 is 0. The average Bonchev–Trinajstić information content (AvgIpc) is 2.39. The quantitative estimate of drug-likeness (QED) is 0.470. The van der Waals surface area contributed by atoms with E-state index >= 15 is 0 Å². The summed E-state index contributed by atoms with van der Waals surface area (Å²) in [6.07, 6.45) is 0. The molecular formula is C13H20N4O3. The Balaban J connectivity index is 2.81. The van der Waals surface area contributed by atoms with Gasteiger partial charge in [0, 0.05) is 24.8 Å². The number of nitrogens with two attached hydrogens (primary N) is 1. The van der Waals surface area contributed by atoms with Crippen molar-refractivity contribution in [2.45, 2.75) is 26.8 Å². The summed E-state index contributed by atoms with van der Waals surface area (Å²) in [5.74, 6) is -0.0214. The van der Waals surface area contributed by atoms with Crippen molar-refractivity contribution < 1.29 is 9.72 Å². The Bertz CT molecular complexity index is 500. The van der Waals surface area contributed by atoms with Gasteiger partial charge < -0.3 is 16.0 Å². The van der Waals surface area contributed by atoms with E-state index in [-0.39, 0.29) is 17.3 Å². The smallest absolute Gasteiger partial charge is 0.292 e. The van der Waals surface area contributed by atoms with Crippen LogP contribution in [-0.2, 0) is 4.79 Å². The third-order valence-electron chi connectivity index (χ3n) is 3.05. The molecule has 0 bridgehead atoms. The number of anilines is 2. The number of hydrogen-bond donors (Lipinski definition) is 2. The first kappa shape index (κ1) is 15.7. The van der Waals surface area contributed by atoms with Gasteiger partial charge in [-0.3, -0.25) is 14.9 Å². The number of amides is 1.